The van der Waals surface area contributed by atoms with Crippen molar-refractivity contribution in [3.63, 3.8) is 0 Å². The first kappa shape index (κ1) is 19.5. The predicted octanol–water partition coefficient (Wildman–Crippen LogP) is 2.27. The van der Waals surface area contributed by atoms with Crippen LogP contribution < -0.4 is 16.7 Å². The number of ether oxygens (including phenoxy) is 1. The molecule has 2 aromatic heterocycles. The molecule has 0 unspecified atom stereocenters. The molecule has 4 rings (SSSR count). The quantitative estimate of drug-likeness (QED) is 0.662. The molecule has 0 atom stereocenters. The van der Waals surface area contributed by atoms with E-state index in [0.29, 0.717) is 16.9 Å². The van der Waals surface area contributed by atoms with E-state index in [0.717, 1.165) is 14.8 Å². The summed E-state index contributed by atoms with van der Waals surface area (Å²) in [7, 11) is 0. The summed E-state index contributed by atoms with van der Waals surface area (Å²) in [5.41, 5.74) is 7.02. The Labute approximate surface area is 168 Å². The van der Waals surface area contributed by atoms with E-state index in [9.17, 15) is 18.4 Å². The summed E-state index contributed by atoms with van der Waals surface area (Å²) in [5.74, 6) is 0.271. The summed E-state index contributed by atoms with van der Waals surface area (Å²) in [6.45, 7) is -0.603. The number of pyridine rings is 1. The SMILES string of the molecule is NCC(Cn1ncn(-c2cccc(-c3ccc4c(c3)NC(=O)OC4)n2)c1=O)=C(F)F. The summed E-state index contributed by atoms with van der Waals surface area (Å²) in [4.78, 5) is 28.5. The fourth-order valence-electron chi connectivity index (χ4n) is 2.97. The zero-order valence-electron chi connectivity index (χ0n) is 15.5. The number of rotatable bonds is 5. The molecule has 3 N–H and O–H groups in total. The lowest BCUT2D eigenvalue weighted by Gasteiger charge is -2.18. The smallest absolute Gasteiger partial charge is 0.411 e. The minimum Gasteiger partial charge on any atom is -0.444 e. The van der Waals surface area contributed by atoms with Gasteiger partial charge in [-0.05, 0) is 18.2 Å². The molecule has 0 saturated heterocycles. The third-order valence-corrected chi connectivity index (χ3v) is 4.57. The maximum absolute atomic E-state index is 12.8. The number of anilines is 1. The van der Waals surface area contributed by atoms with Gasteiger partial charge in [-0.1, -0.05) is 18.2 Å². The summed E-state index contributed by atoms with van der Waals surface area (Å²) in [6, 6.07) is 10.4. The van der Waals surface area contributed by atoms with Crippen molar-refractivity contribution in [2.75, 3.05) is 11.9 Å². The van der Waals surface area contributed by atoms with Crippen molar-refractivity contribution < 1.29 is 18.3 Å². The zero-order valence-corrected chi connectivity index (χ0v) is 15.5. The molecule has 11 heteroatoms. The lowest BCUT2D eigenvalue weighted by Crippen LogP contribution is -2.26. The maximum atomic E-state index is 12.8. The number of halogens is 2. The van der Waals surface area contributed by atoms with E-state index in [4.69, 9.17) is 10.5 Å². The van der Waals surface area contributed by atoms with Crippen LogP contribution in [0.2, 0.25) is 0 Å². The number of hydrogen-bond donors (Lipinski definition) is 2. The fourth-order valence-corrected chi connectivity index (χ4v) is 2.97. The van der Waals surface area contributed by atoms with Gasteiger partial charge in [0.1, 0.15) is 18.8 Å². The second kappa shape index (κ2) is 7.87. The molecule has 3 heterocycles. The van der Waals surface area contributed by atoms with E-state index < -0.39 is 24.4 Å². The van der Waals surface area contributed by atoms with E-state index in [1.165, 1.54) is 6.33 Å². The van der Waals surface area contributed by atoms with Crippen LogP contribution in [0, 0.1) is 0 Å². The second-order valence-electron chi connectivity index (χ2n) is 6.46. The highest BCUT2D eigenvalue weighted by molar-refractivity contribution is 5.88. The number of nitrogens with two attached hydrogens (primary N) is 1. The molecule has 0 saturated carbocycles. The first-order valence-electron chi connectivity index (χ1n) is 8.88. The molecule has 1 aliphatic rings. The lowest BCUT2D eigenvalue weighted by atomic mass is 10.1. The number of nitrogens with one attached hydrogen (secondary N) is 1. The lowest BCUT2D eigenvalue weighted by molar-refractivity contribution is 0.151. The Hall–Kier alpha value is -3.86. The summed E-state index contributed by atoms with van der Waals surface area (Å²) in [5, 5.41) is 6.50. The van der Waals surface area contributed by atoms with Gasteiger partial charge in [-0.15, -0.1) is 0 Å². The Kier molecular flexibility index (Phi) is 5.11. The molecule has 154 valence electrons. The van der Waals surface area contributed by atoms with E-state index in [-0.39, 0.29) is 24.5 Å². The first-order valence-corrected chi connectivity index (χ1v) is 8.88. The highest BCUT2D eigenvalue weighted by atomic mass is 19.3. The van der Waals surface area contributed by atoms with Gasteiger partial charge in [0.15, 0.2) is 0 Å². The Balaban J connectivity index is 1.67. The van der Waals surface area contributed by atoms with Gasteiger partial charge in [0.2, 0.25) is 0 Å². The van der Waals surface area contributed by atoms with E-state index in [1.54, 1.807) is 24.3 Å². The summed E-state index contributed by atoms with van der Waals surface area (Å²) in [6.07, 6.45) is -1.25. The van der Waals surface area contributed by atoms with Crippen LogP contribution in [0.5, 0.6) is 0 Å². The van der Waals surface area contributed by atoms with Gasteiger partial charge in [-0.2, -0.15) is 13.9 Å². The van der Waals surface area contributed by atoms with Crippen LogP contribution >= 0.6 is 0 Å². The van der Waals surface area contributed by atoms with Crippen LogP contribution in [0.3, 0.4) is 0 Å². The van der Waals surface area contributed by atoms with Crippen LogP contribution in [0.1, 0.15) is 5.56 Å². The molecule has 1 aliphatic heterocycles. The van der Waals surface area contributed by atoms with Crippen molar-refractivity contribution in [1.82, 2.24) is 19.3 Å². The summed E-state index contributed by atoms with van der Waals surface area (Å²) < 4.78 is 32.6. The van der Waals surface area contributed by atoms with Crippen LogP contribution in [0.15, 0.2) is 59.2 Å². The predicted molar refractivity (Wildman–Crippen MR) is 103 cm³/mol. The molecule has 30 heavy (non-hydrogen) atoms. The molecule has 3 aromatic rings. The number of benzene rings is 1. The van der Waals surface area contributed by atoms with Gasteiger partial charge >= 0.3 is 11.8 Å². The van der Waals surface area contributed by atoms with Crippen molar-refractivity contribution >= 4 is 11.8 Å². The Morgan fingerprint density at radius 3 is 2.83 bits per heavy atom. The average Bonchev–Trinajstić information content (AvgIpc) is 3.11. The highest BCUT2D eigenvalue weighted by Gasteiger charge is 2.17. The molecule has 0 bridgehead atoms. The third kappa shape index (κ3) is 3.70. The van der Waals surface area contributed by atoms with Gasteiger partial charge < -0.3 is 10.5 Å². The molecule has 0 radical (unpaired) electrons. The normalized spacial score (nSPS) is 12.7. The number of nitrogens with zero attached hydrogens (tertiary/aromatic N) is 4. The fraction of sp³-hybridized carbons (Fsp3) is 0.158. The number of carbonyl (C=O) groups excluding carboxylic acids is 1. The molecule has 0 aliphatic carbocycles. The number of hydrogen-bond acceptors (Lipinski definition) is 6. The Morgan fingerprint density at radius 1 is 1.23 bits per heavy atom. The van der Waals surface area contributed by atoms with Crippen molar-refractivity contribution in [1.29, 1.82) is 0 Å². The molecule has 9 nitrogen and oxygen atoms in total. The standard InChI is InChI=1S/C19H16F2N6O3/c20-17(21)13(7-22)8-27-19(29)26(10-23-27)16-3-1-2-14(24-16)11-4-5-12-9-30-18(28)25-15(12)6-11/h1-6,10H,7-9,22H2,(H,25,28). The number of fused-ring (bicyclic) bond motifs is 1. The van der Waals surface area contributed by atoms with Gasteiger partial charge in [0, 0.05) is 23.2 Å². The maximum Gasteiger partial charge on any atom is 0.411 e. The number of aromatic nitrogens is 4. The molecule has 1 amide bonds. The average molecular weight is 414 g/mol. The number of amides is 1. The Morgan fingerprint density at radius 2 is 2.07 bits per heavy atom. The van der Waals surface area contributed by atoms with Crippen molar-refractivity contribution in [2.24, 2.45) is 5.73 Å². The van der Waals surface area contributed by atoms with Gasteiger partial charge in [0.05, 0.1) is 17.9 Å². The summed E-state index contributed by atoms with van der Waals surface area (Å²) >= 11 is 0. The van der Waals surface area contributed by atoms with Crippen LogP contribution in [-0.4, -0.2) is 32.0 Å². The number of carbonyl (C=O) groups is 1. The second-order valence-corrected chi connectivity index (χ2v) is 6.46. The highest BCUT2D eigenvalue weighted by Crippen LogP contribution is 2.28. The zero-order chi connectivity index (χ0) is 21.3. The largest absolute Gasteiger partial charge is 0.444 e. The van der Waals surface area contributed by atoms with Gasteiger partial charge in [-0.25, -0.2) is 23.8 Å². The van der Waals surface area contributed by atoms with Crippen LogP contribution in [-0.2, 0) is 17.9 Å². The van der Waals surface area contributed by atoms with E-state index >= 15 is 0 Å². The van der Waals surface area contributed by atoms with E-state index in [2.05, 4.69) is 15.4 Å². The van der Waals surface area contributed by atoms with Crippen LogP contribution in [0.25, 0.3) is 17.1 Å². The molecule has 0 spiro atoms. The third-order valence-electron chi connectivity index (χ3n) is 4.57. The Bertz CT molecular complexity index is 1210. The monoisotopic (exact) mass is 414 g/mol. The topological polar surface area (TPSA) is 117 Å². The van der Waals surface area contributed by atoms with Gasteiger partial charge in [-0.3, -0.25) is 5.32 Å². The minimum absolute atomic E-state index is 0.183. The van der Waals surface area contributed by atoms with Crippen molar-refractivity contribution in [3.8, 4) is 17.1 Å². The van der Waals surface area contributed by atoms with Crippen molar-refractivity contribution in [3.05, 3.63) is 70.4 Å². The molecular weight excluding hydrogens is 398 g/mol. The molecular formula is C19H16F2N6O3. The number of cyclic esters (lactones) is 1. The van der Waals surface area contributed by atoms with Crippen molar-refractivity contribution in [2.45, 2.75) is 13.2 Å². The van der Waals surface area contributed by atoms with Gasteiger partial charge in [0.25, 0.3) is 6.08 Å². The first-order chi connectivity index (χ1) is 14.5. The van der Waals surface area contributed by atoms with E-state index in [1.807, 2.05) is 12.1 Å². The molecule has 0 fully saturated rings. The minimum atomic E-state index is -1.93. The molecule has 1 aromatic carbocycles. The van der Waals surface area contributed by atoms with Crippen LogP contribution in [0.4, 0.5) is 19.3 Å².